The fourth-order valence-electron chi connectivity index (χ4n) is 2.29. The maximum atomic E-state index is 12.7. The molecule has 1 fully saturated rings. The van der Waals surface area contributed by atoms with Crippen LogP contribution in [0.2, 0.25) is 5.02 Å². The summed E-state index contributed by atoms with van der Waals surface area (Å²) >= 11 is 7.61. The molecule has 0 aromatic heterocycles. The number of amides is 1. The van der Waals surface area contributed by atoms with Crippen molar-refractivity contribution < 1.29 is 19.4 Å². The van der Waals surface area contributed by atoms with Crippen LogP contribution < -0.4 is 4.74 Å². The smallest absolute Gasteiger partial charge is 0.305 e. The van der Waals surface area contributed by atoms with Gasteiger partial charge in [-0.1, -0.05) is 11.6 Å². The quantitative estimate of drug-likeness (QED) is 0.918. The van der Waals surface area contributed by atoms with Crippen LogP contribution >= 0.6 is 23.4 Å². The molecule has 5 nitrogen and oxygen atoms in total. The molecule has 1 aromatic rings. The molecule has 1 aliphatic heterocycles. The Balaban J connectivity index is 2.28. The highest BCUT2D eigenvalue weighted by Gasteiger charge is 2.30. The van der Waals surface area contributed by atoms with Gasteiger partial charge in [0.05, 0.1) is 25.1 Å². The Kier molecular flexibility index (Phi) is 5.36. The molecule has 1 atom stereocenters. The minimum absolute atomic E-state index is 0.0539. The van der Waals surface area contributed by atoms with Gasteiger partial charge >= 0.3 is 5.97 Å². The summed E-state index contributed by atoms with van der Waals surface area (Å²) in [4.78, 5) is 25.3. The maximum absolute atomic E-state index is 12.7. The van der Waals surface area contributed by atoms with E-state index in [1.165, 1.54) is 7.11 Å². The van der Waals surface area contributed by atoms with E-state index >= 15 is 0 Å². The van der Waals surface area contributed by atoms with Gasteiger partial charge < -0.3 is 14.7 Å². The molecule has 114 valence electrons. The van der Waals surface area contributed by atoms with E-state index in [4.69, 9.17) is 21.4 Å². The van der Waals surface area contributed by atoms with E-state index in [9.17, 15) is 9.59 Å². The van der Waals surface area contributed by atoms with Crippen LogP contribution in [-0.2, 0) is 4.79 Å². The van der Waals surface area contributed by atoms with Crippen molar-refractivity contribution in [3.8, 4) is 5.75 Å². The summed E-state index contributed by atoms with van der Waals surface area (Å²) in [5.74, 6) is 0.724. The summed E-state index contributed by atoms with van der Waals surface area (Å²) in [5.41, 5.74) is 0.368. The molecule has 1 aliphatic rings. The van der Waals surface area contributed by atoms with Crippen LogP contribution in [0.5, 0.6) is 5.75 Å². The van der Waals surface area contributed by atoms with Crippen LogP contribution in [0, 0.1) is 0 Å². The van der Waals surface area contributed by atoms with Gasteiger partial charge in [0.2, 0.25) is 0 Å². The van der Waals surface area contributed by atoms with E-state index < -0.39 is 5.97 Å². The predicted molar refractivity (Wildman–Crippen MR) is 82.4 cm³/mol. The molecule has 0 aliphatic carbocycles. The SMILES string of the molecule is COc1ccc(Cl)cc1C(=O)N1CCSCC1CC(=O)O. The third kappa shape index (κ3) is 3.83. The van der Waals surface area contributed by atoms with Gasteiger partial charge in [-0.25, -0.2) is 0 Å². The predicted octanol–water partition coefficient (Wildman–Crippen LogP) is 2.38. The zero-order chi connectivity index (χ0) is 15.4. The van der Waals surface area contributed by atoms with Crippen molar-refractivity contribution in [2.24, 2.45) is 0 Å². The Morgan fingerprint density at radius 3 is 2.95 bits per heavy atom. The molecule has 2 rings (SSSR count). The van der Waals surface area contributed by atoms with Gasteiger partial charge in [0, 0.05) is 23.1 Å². The second-order valence-electron chi connectivity index (χ2n) is 4.67. The van der Waals surface area contributed by atoms with Crippen LogP contribution in [-0.4, -0.2) is 53.1 Å². The minimum Gasteiger partial charge on any atom is -0.496 e. The number of carbonyl (C=O) groups is 2. The number of rotatable bonds is 4. The van der Waals surface area contributed by atoms with Gasteiger partial charge in [-0.3, -0.25) is 9.59 Å². The number of ether oxygens (including phenoxy) is 1. The van der Waals surface area contributed by atoms with Gasteiger partial charge in [-0.2, -0.15) is 11.8 Å². The molecule has 0 bridgehead atoms. The lowest BCUT2D eigenvalue weighted by atomic mass is 10.1. The number of carbonyl (C=O) groups excluding carboxylic acids is 1. The van der Waals surface area contributed by atoms with Crippen LogP contribution in [0.25, 0.3) is 0 Å². The lowest BCUT2D eigenvalue weighted by Gasteiger charge is -2.35. The first kappa shape index (κ1) is 16.0. The van der Waals surface area contributed by atoms with Crippen LogP contribution in [0.4, 0.5) is 0 Å². The second-order valence-corrected chi connectivity index (χ2v) is 6.26. The third-order valence-corrected chi connectivity index (χ3v) is 4.62. The molecule has 0 spiro atoms. The third-order valence-electron chi connectivity index (χ3n) is 3.29. The van der Waals surface area contributed by atoms with Crippen LogP contribution in [0.1, 0.15) is 16.8 Å². The summed E-state index contributed by atoms with van der Waals surface area (Å²) < 4.78 is 5.20. The summed E-state index contributed by atoms with van der Waals surface area (Å²) in [7, 11) is 1.49. The van der Waals surface area contributed by atoms with Gasteiger partial charge in [0.1, 0.15) is 5.75 Å². The first-order valence-electron chi connectivity index (χ1n) is 6.47. The highest BCUT2D eigenvalue weighted by Crippen LogP contribution is 2.27. The molecule has 1 aromatic carbocycles. The Bertz CT molecular complexity index is 552. The van der Waals surface area contributed by atoms with Crippen LogP contribution in [0.15, 0.2) is 18.2 Å². The van der Waals surface area contributed by atoms with Gasteiger partial charge in [0.25, 0.3) is 5.91 Å². The summed E-state index contributed by atoms with van der Waals surface area (Å²) in [5, 5.41) is 9.43. The molecule has 1 heterocycles. The van der Waals surface area contributed by atoms with Crippen molar-refractivity contribution in [1.29, 1.82) is 0 Å². The second kappa shape index (κ2) is 7.04. The lowest BCUT2D eigenvalue weighted by molar-refractivity contribution is -0.138. The normalized spacial score (nSPS) is 18.4. The van der Waals surface area contributed by atoms with E-state index in [0.717, 1.165) is 5.75 Å². The Morgan fingerprint density at radius 2 is 2.29 bits per heavy atom. The fraction of sp³-hybridized carbons (Fsp3) is 0.429. The monoisotopic (exact) mass is 329 g/mol. The highest BCUT2D eigenvalue weighted by atomic mass is 35.5. The molecular formula is C14H16ClNO4S. The van der Waals surface area contributed by atoms with E-state index in [1.807, 2.05) is 0 Å². The molecule has 0 radical (unpaired) electrons. The Morgan fingerprint density at radius 1 is 1.52 bits per heavy atom. The zero-order valence-electron chi connectivity index (χ0n) is 11.5. The van der Waals surface area contributed by atoms with Crippen LogP contribution in [0.3, 0.4) is 0 Å². The number of hydrogen-bond donors (Lipinski definition) is 1. The van der Waals surface area contributed by atoms with E-state index in [0.29, 0.717) is 28.6 Å². The van der Waals surface area contributed by atoms with Crippen molar-refractivity contribution in [1.82, 2.24) is 4.90 Å². The van der Waals surface area contributed by atoms with Crippen molar-refractivity contribution >= 4 is 35.2 Å². The number of thioether (sulfide) groups is 1. The van der Waals surface area contributed by atoms with E-state index in [-0.39, 0.29) is 18.4 Å². The molecule has 21 heavy (non-hydrogen) atoms. The number of carboxylic acid groups (broad SMARTS) is 1. The number of hydrogen-bond acceptors (Lipinski definition) is 4. The topological polar surface area (TPSA) is 66.8 Å². The number of benzene rings is 1. The summed E-state index contributed by atoms with van der Waals surface area (Å²) in [6.45, 7) is 0.525. The maximum Gasteiger partial charge on any atom is 0.305 e. The fourth-order valence-corrected chi connectivity index (χ4v) is 3.53. The molecule has 1 N–H and O–H groups in total. The molecule has 1 saturated heterocycles. The largest absolute Gasteiger partial charge is 0.496 e. The number of aliphatic carboxylic acids is 1. The molecule has 0 saturated carbocycles. The molecule has 7 heteroatoms. The van der Waals surface area contributed by atoms with Crippen molar-refractivity contribution in [3.05, 3.63) is 28.8 Å². The molecule has 1 amide bonds. The Hall–Kier alpha value is -1.40. The number of nitrogens with zero attached hydrogens (tertiary/aromatic N) is 1. The van der Waals surface area contributed by atoms with Crippen molar-refractivity contribution in [2.45, 2.75) is 12.5 Å². The minimum atomic E-state index is -0.904. The summed E-state index contributed by atoms with van der Waals surface area (Å²) in [6, 6.07) is 4.54. The molecule has 1 unspecified atom stereocenters. The van der Waals surface area contributed by atoms with Gasteiger partial charge in [-0.15, -0.1) is 0 Å². The van der Waals surface area contributed by atoms with Gasteiger partial charge in [-0.05, 0) is 18.2 Å². The van der Waals surface area contributed by atoms with E-state index in [2.05, 4.69) is 0 Å². The van der Waals surface area contributed by atoms with Crippen molar-refractivity contribution in [3.63, 3.8) is 0 Å². The lowest BCUT2D eigenvalue weighted by Crippen LogP contribution is -2.47. The van der Waals surface area contributed by atoms with E-state index in [1.54, 1.807) is 34.9 Å². The number of carboxylic acids is 1. The molecular weight excluding hydrogens is 314 g/mol. The highest BCUT2D eigenvalue weighted by molar-refractivity contribution is 7.99. The average Bonchev–Trinajstić information content (AvgIpc) is 2.46. The van der Waals surface area contributed by atoms with Crippen molar-refractivity contribution in [2.75, 3.05) is 25.2 Å². The Labute approximate surface area is 132 Å². The first-order chi connectivity index (χ1) is 10.0. The number of halogens is 1. The number of methoxy groups -OCH3 is 1. The average molecular weight is 330 g/mol. The zero-order valence-corrected chi connectivity index (χ0v) is 13.1. The van der Waals surface area contributed by atoms with Gasteiger partial charge in [0.15, 0.2) is 0 Å². The first-order valence-corrected chi connectivity index (χ1v) is 8.00. The summed E-state index contributed by atoms with van der Waals surface area (Å²) in [6.07, 6.45) is -0.0539. The standard InChI is InChI=1S/C14H16ClNO4S/c1-20-12-3-2-9(15)6-11(12)14(19)16-4-5-21-8-10(16)7-13(17)18/h2-3,6,10H,4-5,7-8H2,1H3,(H,17,18).